The van der Waals surface area contributed by atoms with E-state index < -0.39 is 0 Å². The molecule has 168 valence electrons. The molecule has 1 unspecified atom stereocenters. The third-order valence-corrected chi connectivity index (χ3v) is 6.33. The molecular weight excluding hydrogens is 491 g/mol. The smallest absolute Gasteiger partial charge is 0.191 e. The Balaban J connectivity index is 0.00000256. The van der Waals surface area contributed by atoms with Gasteiger partial charge in [0.2, 0.25) is 0 Å². The van der Waals surface area contributed by atoms with Crippen LogP contribution in [-0.4, -0.2) is 73.9 Å². The molecule has 2 saturated heterocycles. The number of guanidine groups is 1. The summed E-state index contributed by atoms with van der Waals surface area (Å²) >= 11 is 0. The van der Waals surface area contributed by atoms with Gasteiger partial charge in [0.15, 0.2) is 5.96 Å². The number of likely N-dealkylation sites (tertiary alicyclic amines) is 1. The maximum Gasteiger partial charge on any atom is 0.191 e. The zero-order valence-corrected chi connectivity index (χ0v) is 20.5. The molecule has 1 aromatic rings. The Labute approximate surface area is 198 Å². The average molecular weight is 528 g/mol. The van der Waals surface area contributed by atoms with Crippen LogP contribution in [0.3, 0.4) is 0 Å². The molecule has 4 rings (SSSR count). The first-order chi connectivity index (χ1) is 14.3. The van der Waals surface area contributed by atoms with Gasteiger partial charge in [0.25, 0.3) is 0 Å². The molecule has 1 aromatic heterocycles. The first kappa shape index (κ1) is 23.5. The molecule has 2 aliphatic heterocycles. The van der Waals surface area contributed by atoms with Crippen LogP contribution < -0.4 is 15.5 Å². The van der Waals surface area contributed by atoms with Crippen molar-refractivity contribution in [2.75, 3.05) is 50.8 Å². The second-order valence-corrected chi connectivity index (χ2v) is 8.34. The van der Waals surface area contributed by atoms with Crippen LogP contribution in [0.4, 0.5) is 5.82 Å². The summed E-state index contributed by atoms with van der Waals surface area (Å²) < 4.78 is 5.49. The molecule has 0 aromatic carbocycles. The third kappa shape index (κ3) is 6.20. The molecule has 30 heavy (non-hydrogen) atoms. The third-order valence-electron chi connectivity index (χ3n) is 6.33. The zero-order chi connectivity index (χ0) is 19.9. The van der Waals surface area contributed by atoms with Crippen molar-refractivity contribution in [3.63, 3.8) is 0 Å². The average Bonchev–Trinajstić information content (AvgIpc) is 3.45. The number of hydrogen-bond donors (Lipinski definition) is 2. The lowest BCUT2D eigenvalue weighted by molar-refractivity contribution is 0.122. The number of hydrogen-bond acceptors (Lipinski definition) is 5. The van der Waals surface area contributed by atoms with Crippen LogP contribution in [0.5, 0.6) is 0 Å². The van der Waals surface area contributed by atoms with E-state index in [2.05, 4.69) is 38.4 Å². The lowest BCUT2D eigenvalue weighted by atomic mass is 10.2. The molecule has 0 bridgehead atoms. The van der Waals surface area contributed by atoms with Gasteiger partial charge in [-0.25, -0.2) is 9.98 Å². The second-order valence-electron chi connectivity index (χ2n) is 8.34. The van der Waals surface area contributed by atoms with Gasteiger partial charge in [0.1, 0.15) is 5.82 Å². The van der Waals surface area contributed by atoms with Crippen LogP contribution in [0.25, 0.3) is 0 Å². The van der Waals surface area contributed by atoms with E-state index in [9.17, 15) is 0 Å². The van der Waals surface area contributed by atoms with E-state index in [1.54, 1.807) is 0 Å². The van der Waals surface area contributed by atoms with E-state index in [0.29, 0.717) is 12.6 Å². The van der Waals surface area contributed by atoms with Crippen molar-refractivity contribution in [3.05, 3.63) is 23.9 Å². The van der Waals surface area contributed by atoms with Crippen LogP contribution in [0.1, 0.15) is 44.6 Å². The summed E-state index contributed by atoms with van der Waals surface area (Å²) in [6, 6.07) is 5.45. The highest BCUT2D eigenvalue weighted by molar-refractivity contribution is 14.0. The summed E-state index contributed by atoms with van der Waals surface area (Å²) in [5, 5.41) is 7.11. The van der Waals surface area contributed by atoms with E-state index in [0.717, 1.165) is 57.2 Å². The number of rotatable bonds is 6. The quantitative estimate of drug-likeness (QED) is 0.337. The van der Waals surface area contributed by atoms with E-state index in [-0.39, 0.29) is 24.0 Å². The molecule has 8 heteroatoms. The largest absolute Gasteiger partial charge is 0.378 e. The molecule has 3 fully saturated rings. The highest BCUT2D eigenvalue weighted by Gasteiger charge is 2.30. The van der Waals surface area contributed by atoms with Crippen molar-refractivity contribution >= 4 is 35.8 Å². The zero-order valence-electron chi connectivity index (χ0n) is 18.2. The van der Waals surface area contributed by atoms with Crippen LogP contribution >= 0.6 is 24.0 Å². The SMILES string of the molecule is CCNC(=NCc1cccnc1N1CCOCC1)NC1CCN(C2CCCC2)C1.I. The summed E-state index contributed by atoms with van der Waals surface area (Å²) in [4.78, 5) is 14.5. The van der Waals surface area contributed by atoms with Crippen LogP contribution in [0, 0.1) is 0 Å². The van der Waals surface area contributed by atoms with Gasteiger partial charge in [0.05, 0.1) is 19.8 Å². The van der Waals surface area contributed by atoms with Crippen molar-refractivity contribution in [2.45, 2.75) is 57.7 Å². The van der Waals surface area contributed by atoms with Gasteiger partial charge in [-0.3, -0.25) is 4.90 Å². The monoisotopic (exact) mass is 528 g/mol. The Hall–Kier alpha value is -1.13. The normalized spacial score (nSPS) is 23.4. The fourth-order valence-corrected chi connectivity index (χ4v) is 4.80. The van der Waals surface area contributed by atoms with E-state index in [1.807, 2.05) is 12.3 Å². The molecule has 1 aliphatic carbocycles. The number of nitrogens with zero attached hydrogens (tertiary/aromatic N) is 4. The minimum atomic E-state index is 0. The van der Waals surface area contributed by atoms with E-state index in [1.165, 1.54) is 44.2 Å². The molecule has 0 amide bonds. The summed E-state index contributed by atoms with van der Waals surface area (Å²) in [5.41, 5.74) is 1.17. The first-order valence-corrected chi connectivity index (χ1v) is 11.4. The van der Waals surface area contributed by atoms with Crippen molar-refractivity contribution < 1.29 is 4.74 Å². The minimum Gasteiger partial charge on any atom is -0.378 e. The molecule has 1 atom stereocenters. The number of aromatic nitrogens is 1. The van der Waals surface area contributed by atoms with Crippen molar-refractivity contribution in [2.24, 2.45) is 4.99 Å². The Kier molecular flexibility index (Phi) is 9.45. The van der Waals surface area contributed by atoms with Gasteiger partial charge < -0.3 is 20.3 Å². The Morgan fingerprint density at radius 1 is 1.20 bits per heavy atom. The number of ether oxygens (including phenoxy) is 1. The fraction of sp³-hybridized carbons (Fsp3) is 0.727. The standard InChI is InChI=1S/C22H36N6O.HI/c1-2-23-22(26-19-9-11-28(17-19)20-7-3-4-8-20)25-16-18-6-5-10-24-21(18)27-12-14-29-15-13-27;/h5-6,10,19-20H,2-4,7-9,11-17H2,1H3,(H2,23,25,26);1H. The number of halogens is 1. The Bertz CT molecular complexity index is 675. The van der Waals surface area contributed by atoms with Crippen molar-refractivity contribution in [1.82, 2.24) is 20.5 Å². The van der Waals surface area contributed by atoms with Crippen molar-refractivity contribution in [3.8, 4) is 0 Å². The van der Waals surface area contributed by atoms with E-state index >= 15 is 0 Å². The molecule has 3 aliphatic rings. The van der Waals surface area contributed by atoms with Crippen LogP contribution in [0.15, 0.2) is 23.3 Å². The molecular formula is C22H37IN6O. The van der Waals surface area contributed by atoms with Gasteiger partial charge in [-0.15, -0.1) is 24.0 Å². The fourth-order valence-electron chi connectivity index (χ4n) is 4.80. The predicted molar refractivity (Wildman–Crippen MR) is 133 cm³/mol. The van der Waals surface area contributed by atoms with Crippen LogP contribution in [0.2, 0.25) is 0 Å². The second kappa shape index (κ2) is 12.0. The number of pyridine rings is 1. The first-order valence-electron chi connectivity index (χ1n) is 11.4. The maximum atomic E-state index is 5.49. The Morgan fingerprint density at radius 3 is 2.77 bits per heavy atom. The highest BCUT2D eigenvalue weighted by atomic mass is 127. The summed E-state index contributed by atoms with van der Waals surface area (Å²) in [6.45, 7) is 9.30. The lowest BCUT2D eigenvalue weighted by Gasteiger charge is -2.29. The highest BCUT2D eigenvalue weighted by Crippen LogP contribution is 2.26. The van der Waals surface area contributed by atoms with Crippen molar-refractivity contribution in [1.29, 1.82) is 0 Å². The number of nitrogens with one attached hydrogen (secondary N) is 2. The molecule has 3 heterocycles. The van der Waals surface area contributed by atoms with Crippen LogP contribution in [-0.2, 0) is 11.3 Å². The molecule has 0 spiro atoms. The summed E-state index contributed by atoms with van der Waals surface area (Å²) in [5.74, 6) is 1.96. The molecule has 2 N–H and O–H groups in total. The maximum absolute atomic E-state index is 5.49. The lowest BCUT2D eigenvalue weighted by Crippen LogP contribution is -2.45. The molecule has 1 saturated carbocycles. The number of aliphatic imine (C=N–C) groups is 1. The molecule has 7 nitrogen and oxygen atoms in total. The van der Waals surface area contributed by atoms with Gasteiger partial charge in [0, 0.05) is 56.6 Å². The van der Waals surface area contributed by atoms with Gasteiger partial charge in [-0.05, 0) is 32.3 Å². The summed E-state index contributed by atoms with van der Waals surface area (Å²) in [6.07, 6.45) is 8.64. The van der Waals surface area contributed by atoms with E-state index in [4.69, 9.17) is 9.73 Å². The topological polar surface area (TPSA) is 65.0 Å². The minimum absolute atomic E-state index is 0. The number of anilines is 1. The predicted octanol–water partition coefficient (Wildman–Crippen LogP) is 2.61. The Morgan fingerprint density at radius 2 is 2.00 bits per heavy atom. The number of morpholine rings is 1. The molecule has 0 radical (unpaired) electrons. The van der Waals surface area contributed by atoms with Gasteiger partial charge in [-0.1, -0.05) is 18.9 Å². The summed E-state index contributed by atoms with van der Waals surface area (Å²) in [7, 11) is 0. The van der Waals surface area contributed by atoms with Gasteiger partial charge >= 0.3 is 0 Å². The van der Waals surface area contributed by atoms with Gasteiger partial charge in [-0.2, -0.15) is 0 Å².